The third-order valence-electron chi connectivity index (χ3n) is 3.10. The molecule has 0 atom stereocenters. The van der Waals surface area contributed by atoms with Crippen LogP contribution in [-0.4, -0.2) is 30.4 Å². The first kappa shape index (κ1) is 14.7. The molecule has 21 heavy (non-hydrogen) atoms. The van der Waals surface area contributed by atoms with Crippen molar-refractivity contribution in [3.05, 3.63) is 39.8 Å². The molecule has 2 rings (SSSR count). The maximum Gasteiger partial charge on any atom is 0.390 e. The summed E-state index contributed by atoms with van der Waals surface area (Å²) in [5.41, 5.74) is 1.55. The van der Waals surface area contributed by atoms with E-state index >= 15 is 0 Å². The second-order valence-corrected chi connectivity index (χ2v) is 4.60. The highest BCUT2D eigenvalue weighted by Gasteiger charge is 2.15. The number of nitro groups is 1. The first-order valence-electron chi connectivity index (χ1n) is 6.40. The van der Waals surface area contributed by atoms with Gasteiger partial charge in [-0.15, -0.1) is 0 Å². The van der Waals surface area contributed by atoms with Crippen LogP contribution in [0.4, 0.5) is 5.82 Å². The number of aryl methyl sites for hydroxylation is 3. The van der Waals surface area contributed by atoms with E-state index in [1.807, 2.05) is 6.07 Å². The fraction of sp³-hybridized carbons (Fsp3) is 0.417. The van der Waals surface area contributed by atoms with Crippen molar-refractivity contribution in [3.63, 3.8) is 0 Å². The first-order valence-corrected chi connectivity index (χ1v) is 6.40. The molecular formula is C12H16N6O3. The lowest BCUT2D eigenvalue weighted by Gasteiger charge is -2.05. The number of nitrogens with zero attached hydrogens (tertiary/aromatic N) is 5. The largest absolute Gasteiger partial charge is 0.390 e. The van der Waals surface area contributed by atoms with Gasteiger partial charge in [0, 0.05) is 19.7 Å². The van der Waals surface area contributed by atoms with Gasteiger partial charge in [-0.3, -0.25) is 9.48 Å². The van der Waals surface area contributed by atoms with Gasteiger partial charge in [-0.05, 0) is 17.9 Å². The predicted octanol–water partition coefficient (Wildman–Crippen LogP) is 0.540. The fourth-order valence-corrected chi connectivity index (χ4v) is 1.87. The third-order valence-corrected chi connectivity index (χ3v) is 3.10. The van der Waals surface area contributed by atoms with Crippen molar-refractivity contribution in [2.45, 2.75) is 26.4 Å². The second kappa shape index (κ2) is 6.16. The SMILES string of the molecule is Cc1cc([N+](=O)[O-])nn1CCC(=O)NCc1ccnn1C. The lowest BCUT2D eigenvalue weighted by atomic mass is 10.3. The number of rotatable bonds is 6. The summed E-state index contributed by atoms with van der Waals surface area (Å²) < 4.78 is 3.14. The summed E-state index contributed by atoms with van der Waals surface area (Å²) in [4.78, 5) is 21.8. The molecule has 0 aromatic carbocycles. The summed E-state index contributed by atoms with van der Waals surface area (Å²) in [5.74, 6) is -0.350. The summed E-state index contributed by atoms with van der Waals surface area (Å²) in [6.07, 6.45) is 1.87. The Balaban J connectivity index is 1.84. The highest BCUT2D eigenvalue weighted by molar-refractivity contribution is 5.75. The van der Waals surface area contributed by atoms with Crippen molar-refractivity contribution in [3.8, 4) is 0 Å². The molecule has 0 aliphatic heterocycles. The van der Waals surface area contributed by atoms with Crippen LogP contribution in [0.5, 0.6) is 0 Å². The van der Waals surface area contributed by atoms with Gasteiger partial charge < -0.3 is 15.4 Å². The van der Waals surface area contributed by atoms with Crippen LogP contribution >= 0.6 is 0 Å². The third kappa shape index (κ3) is 3.65. The van der Waals surface area contributed by atoms with Gasteiger partial charge in [0.1, 0.15) is 0 Å². The molecule has 0 fully saturated rings. The maximum atomic E-state index is 11.8. The fourth-order valence-electron chi connectivity index (χ4n) is 1.87. The van der Waals surface area contributed by atoms with Crippen LogP contribution in [0, 0.1) is 17.0 Å². The molecular weight excluding hydrogens is 276 g/mol. The molecule has 0 bridgehead atoms. The molecule has 2 heterocycles. The van der Waals surface area contributed by atoms with Gasteiger partial charge in [0.25, 0.3) is 0 Å². The quantitative estimate of drug-likeness (QED) is 0.617. The molecule has 2 aromatic heterocycles. The Kier molecular flexibility index (Phi) is 4.31. The summed E-state index contributed by atoms with van der Waals surface area (Å²) in [7, 11) is 1.80. The Morgan fingerprint density at radius 2 is 2.29 bits per heavy atom. The molecule has 0 aliphatic carbocycles. The van der Waals surface area contributed by atoms with Gasteiger partial charge in [-0.2, -0.15) is 9.78 Å². The van der Waals surface area contributed by atoms with Crippen LogP contribution in [0.25, 0.3) is 0 Å². The molecule has 0 unspecified atom stereocenters. The van der Waals surface area contributed by atoms with E-state index in [0.717, 1.165) is 5.69 Å². The Hall–Kier alpha value is -2.71. The molecule has 0 saturated carbocycles. The van der Waals surface area contributed by atoms with Crippen molar-refractivity contribution in [1.29, 1.82) is 0 Å². The van der Waals surface area contributed by atoms with Crippen molar-refractivity contribution in [1.82, 2.24) is 24.9 Å². The molecule has 0 radical (unpaired) electrons. The molecule has 112 valence electrons. The van der Waals surface area contributed by atoms with E-state index < -0.39 is 4.92 Å². The van der Waals surface area contributed by atoms with Crippen LogP contribution in [0.3, 0.4) is 0 Å². The Bertz CT molecular complexity index is 660. The lowest BCUT2D eigenvalue weighted by Crippen LogP contribution is -2.25. The molecule has 9 heteroatoms. The second-order valence-electron chi connectivity index (χ2n) is 4.60. The number of hydrogen-bond donors (Lipinski definition) is 1. The number of carbonyl (C=O) groups is 1. The van der Waals surface area contributed by atoms with E-state index in [4.69, 9.17) is 0 Å². The van der Waals surface area contributed by atoms with Crippen LogP contribution in [-0.2, 0) is 24.9 Å². The van der Waals surface area contributed by atoms with Gasteiger partial charge in [-0.25, -0.2) is 0 Å². The Morgan fingerprint density at radius 1 is 1.52 bits per heavy atom. The maximum absolute atomic E-state index is 11.8. The topological polar surface area (TPSA) is 108 Å². The van der Waals surface area contributed by atoms with Crippen LogP contribution in [0.1, 0.15) is 17.8 Å². The van der Waals surface area contributed by atoms with Crippen molar-refractivity contribution in [2.24, 2.45) is 7.05 Å². The minimum Gasteiger partial charge on any atom is -0.358 e. The summed E-state index contributed by atoms with van der Waals surface area (Å²) in [6.45, 7) is 2.41. The lowest BCUT2D eigenvalue weighted by molar-refractivity contribution is -0.389. The molecule has 1 N–H and O–H groups in total. The van der Waals surface area contributed by atoms with Gasteiger partial charge in [0.2, 0.25) is 5.91 Å². The summed E-state index contributed by atoms with van der Waals surface area (Å²) in [6, 6.07) is 3.20. The normalized spacial score (nSPS) is 10.6. The monoisotopic (exact) mass is 292 g/mol. The Labute approximate surface area is 120 Å². The number of carbonyl (C=O) groups excluding carboxylic acids is 1. The predicted molar refractivity (Wildman–Crippen MR) is 73.3 cm³/mol. The van der Waals surface area contributed by atoms with Gasteiger partial charge in [0.05, 0.1) is 35.6 Å². The molecule has 0 aliphatic rings. The minimum atomic E-state index is -0.550. The van der Waals surface area contributed by atoms with Gasteiger partial charge >= 0.3 is 5.82 Å². The van der Waals surface area contributed by atoms with E-state index in [1.165, 1.54) is 10.7 Å². The van der Waals surface area contributed by atoms with E-state index in [0.29, 0.717) is 18.8 Å². The number of amides is 1. The summed E-state index contributed by atoms with van der Waals surface area (Å²) in [5, 5.41) is 21.2. The molecule has 0 spiro atoms. The smallest absolute Gasteiger partial charge is 0.358 e. The van der Waals surface area contributed by atoms with E-state index in [1.54, 1.807) is 24.9 Å². The van der Waals surface area contributed by atoms with Gasteiger partial charge in [-0.1, -0.05) is 0 Å². The molecule has 9 nitrogen and oxygen atoms in total. The van der Waals surface area contributed by atoms with E-state index in [-0.39, 0.29) is 18.1 Å². The van der Waals surface area contributed by atoms with Crippen molar-refractivity contribution >= 4 is 11.7 Å². The zero-order valence-electron chi connectivity index (χ0n) is 11.8. The summed E-state index contributed by atoms with van der Waals surface area (Å²) >= 11 is 0. The van der Waals surface area contributed by atoms with Crippen LogP contribution in [0.2, 0.25) is 0 Å². The van der Waals surface area contributed by atoms with Crippen molar-refractivity contribution < 1.29 is 9.72 Å². The van der Waals surface area contributed by atoms with Crippen molar-refractivity contribution in [2.75, 3.05) is 0 Å². The number of aromatic nitrogens is 4. The molecule has 1 amide bonds. The zero-order chi connectivity index (χ0) is 15.4. The van der Waals surface area contributed by atoms with Crippen LogP contribution in [0.15, 0.2) is 18.3 Å². The van der Waals surface area contributed by atoms with Gasteiger partial charge in [0.15, 0.2) is 0 Å². The van der Waals surface area contributed by atoms with Crippen LogP contribution < -0.4 is 5.32 Å². The highest BCUT2D eigenvalue weighted by atomic mass is 16.6. The number of nitrogens with one attached hydrogen (secondary N) is 1. The first-order chi connectivity index (χ1) is 9.97. The average Bonchev–Trinajstić information content (AvgIpc) is 3.00. The number of hydrogen-bond acceptors (Lipinski definition) is 5. The zero-order valence-corrected chi connectivity index (χ0v) is 11.8. The van der Waals surface area contributed by atoms with E-state index in [2.05, 4.69) is 15.5 Å². The standard InChI is InChI=1S/C12H16N6O3/c1-9-7-11(18(20)21)15-17(9)6-4-12(19)13-8-10-3-5-14-16(10)2/h3,5,7H,4,6,8H2,1-2H3,(H,13,19). The Morgan fingerprint density at radius 3 is 2.86 bits per heavy atom. The van der Waals surface area contributed by atoms with E-state index in [9.17, 15) is 14.9 Å². The minimum absolute atomic E-state index is 0.145. The highest BCUT2D eigenvalue weighted by Crippen LogP contribution is 2.11. The average molecular weight is 292 g/mol. The molecule has 2 aromatic rings. The molecule has 0 saturated heterocycles.